The number of rotatable bonds is 7. The third-order valence-corrected chi connectivity index (χ3v) is 8.19. The Bertz CT molecular complexity index is 1630. The van der Waals surface area contributed by atoms with Crippen LogP contribution in [-0.2, 0) is 11.2 Å². The van der Waals surface area contributed by atoms with Gasteiger partial charge in [0.15, 0.2) is 0 Å². The number of fused-ring (bicyclic) bond motifs is 1. The normalized spacial score (nSPS) is 14.7. The summed E-state index contributed by atoms with van der Waals surface area (Å²) >= 11 is 0. The molecule has 2 N–H and O–H groups in total. The maximum absolute atomic E-state index is 13.0. The van der Waals surface area contributed by atoms with Crippen LogP contribution in [0.5, 0.6) is 0 Å². The van der Waals surface area contributed by atoms with E-state index in [0.29, 0.717) is 18.0 Å². The summed E-state index contributed by atoms with van der Waals surface area (Å²) in [6, 6.07) is 17.5. The lowest BCUT2D eigenvalue weighted by atomic mass is 9.90. The number of aromatic nitrogens is 2. The molecule has 1 atom stereocenters. The maximum atomic E-state index is 13.0. The van der Waals surface area contributed by atoms with Crippen molar-refractivity contribution in [3.8, 4) is 11.1 Å². The summed E-state index contributed by atoms with van der Waals surface area (Å²) in [7, 11) is 0. The predicted octanol–water partition coefficient (Wildman–Crippen LogP) is 5.51. The van der Waals surface area contributed by atoms with E-state index < -0.39 is 0 Å². The highest BCUT2D eigenvalue weighted by atomic mass is 16.2. The maximum Gasteiger partial charge on any atom is 0.270 e. The fourth-order valence-corrected chi connectivity index (χ4v) is 5.97. The number of nitrogens with one attached hydrogen (secondary N) is 2. The van der Waals surface area contributed by atoms with E-state index >= 15 is 0 Å². The van der Waals surface area contributed by atoms with Gasteiger partial charge in [0.25, 0.3) is 5.91 Å². The topological polar surface area (TPSA) is 95.2 Å². The zero-order valence-electron chi connectivity index (χ0n) is 24.3. The highest BCUT2D eigenvalue weighted by Crippen LogP contribution is 2.25. The molecule has 7 nitrogen and oxygen atoms in total. The molecular formula is C34H38N4O3. The van der Waals surface area contributed by atoms with Crippen LogP contribution in [0.2, 0.25) is 0 Å². The number of hydrogen-bond donors (Lipinski definition) is 2. The summed E-state index contributed by atoms with van der Waals surface area (Å²) in [6.45, 7) is 9.57. The highest BCUT2D eigenvalue weighted by Gasteiger charge is 2.25. The van der Waals surface area contributed by atoms with Crippen molar-refractivity contribution in [1.82, 2.24) is 20.2 Å². The number of pyridine rings is 2. The van der Waals surface area contributed by atoms with E-state index in [0.717, 1.165) is 65.5 Å². The zero-order chi connectivity index (χ0) is 29.1. The number of amides is 2. The number of carbonyl (C=O) groups is 2. The zero-order valence-corrected chi connectivity index (χ0v) is 24.3. The summed E-state index contributed by atoms with van der Waals surface area (Å²) < 4.78 is 0. The minimum atomic E-state index is -0.160. The summed E-state index contributed by atoms with van der Waals surface area (Å²) in [4.78, 5) is 46.8. The first kappa shape index (κ1) is 28.3. The number of aryl methyl sites for hydroxylation is 3. The van der Waals surface area contributed by atoms with Gasteiger partial charge in [-0.3, -0.25) is 19.4 Å². The molecule has 1 saturated heterocycles. The van der Waals surface area contributed by atoms with Crippen molar-refractivity contribution in [3.05, 3.63) is 99.1 Å². The van der Waals surface area contributed by atoms with E-state index in [-0.39, 0.29) is 23.4 Å². The number of likely N-dealkylation sites (tertiary alicyclic amines) is 1. The molecule has 5 rings (SSSR count). The predicted molar refractivity (Wildman–Crippen MR) is 163 cm³/mol. The Kier molecular flexibility index (Phi) is 8.34. The lowest BCUT2D eigenvalue weighted by Crippen LogP contribution is -2.41. The molecule has 0 spiro atoms. The van der Waals surface area contributed by atoms with Gasteiger partial charge in [0, 0.05) is 47.9 Å². The average Bonchev–Trinajstić information content (AvgIpc) is 2.94. The van der Waals surface area contributed by atoms with E-state index in [1.165, 1.54) is 11.1 Å². The van der Waals surface area contributed by atoms with Crippen LogP contribution < -0.4 is 10.9 Å². The molecule has 0 saturated carbocycles. The molecule has 0 aliphatic carbocycles. The van der Waals surface area contributed by atoms with Gasteiger partial charge in [0.2, 0.25) is 11.5 Å². The van der Waals surface area contributed by atoms with Crippen molar-refractivity contribution in [2.45, 2.75) is 59.4 Å². The van der Waals surface area contributed by atoms with Crippen molar-refractivity contribution in [2.24, 2.45) is 5.92 Å². The van der Waals surface area contributed by atoms with Crippen LogP contribution >= 0.6 is 0 Å². The first-order valence-corrected chi connectivity index (χ1v) is 14.4. The van der Waals surface area contributed by atoms with Crippen molar-refractivity contribution in [2.75, 3.05) is 13.1 Å². The molecule has 2 aromatic carbocycles. The molecule has 0 unspecified atom stereocenters. The molecule has 4 aromatic rings. The van der Waals surface area contributed by atoms with E-state index in [4.69, 9.17) is 0 Å². The van der Waals surface area contributed by atoms with Gasteiger partial charge in [0.1, 0.15) is 5.69 Å². The van der Waals surface area contributed by atoms with Gasteiger partial charge in [-0.25, -0.2) is 0 Å². The highest BCUT2D eigenvalue weighted by molar-refractivity contribution is 5.92. The quantitative estimate of drug-likeness (QED) is 0.317. The van der Waals surface area contributed by atoms with Crippen LogP contribution in [0.4, 0.5) is 0 Å². The molecule has 1 fully saturated rings. The second kappa shape index (κ2) is 12.1. The Balaban J connectivity index is 1.09. The fourth-order valence-electron chi connectivity index (χ4n) is 5.97. The third kappa shape index (κ3) is 6.73. The van der Waals surface area contributed by atoms with E-state index in [1.54, 1.807) is 18.3 Å². The van der Waals surface area contributed by atoms with Crippen LogP contribution in [0.1, 0.15) is 58.9 Å². The minimum Gasteiger partial charge on any atom is -0.348 e. The second-order valence-electron chi connectivity index (χ2n) is 11.6. The summed E-state index contributed by atoms with van der Waals surface area (Å²) in [5, 5.41) is 4.08. The SMILES string of the molecule is Cc1ccc(-c2ccc(C(=O)N[C@@H](C)CC3CCN(C(=O)Cc4ccc5[nH]c(=O)cc(C)c5c4)CC3)nc2)c(C)c1. The van der Waals surface area contributed by atoms with Crippen molar-refractivity contribution in [3.63, 3.8) is 0 Å². The van der Waals surface area contributed by atoms with E-state index in [9.17, 15) is 14.4 Å². The fraction of sp³-hybridized carbons (Fsp3) is 0.353. The number of carbonyl (C=O) groups excluding carboxylic acids is 2. The standard InChI is InChI=1S/C34H38N4O3/c1-21-5-8-28(22(2)15-21)27-7-10-31(35-20-27)34(41)36-24(4)17-25-11-13-38(14-12-25)33(40)19-26-6-9-30-29(18-26)23(3)16-32(39)37-30/h5-10,15-16,18,20,24-25H,11-14,17,19H2,1-4H3,(H,36,41)(H,37,39)/t24-/m0/s1. The number of aromatic amines is 1. The molecule has 1 aliphatic rings. The van der Waals surface area contributed by atoms with Gasteiger partial charge in [-0.05, 0) is 93.3 Å². The Morgan fingerprint density at radius 3 is 2.49 bits per heavy atom. The molecule has 0 bridgehead atoms. The van der Waals surface area contributed by atoms with Crippen LogP contribution in [-0.4, -0.2) is 45.8 Å². The van der Waals surface area contributed by atoms with Gasteiger partial charge < -0.3 is 15.2 Å². The summed E-state index contributed by atoms with van der Waals surface area (Å²) in [6.07, 6.45) is 4.83. The Morgan fingerprint density at radius 1 is 1.00 bits per heavy atom. The molecule has 2 amide bonds. The van der Waals surface area contributed by atoms with Gasteiger partial charge >= 0.3 is 0 Å². The van der Waals surface area contributed by atoms with E-state index in [1.807, 2.05) is 43.0 Å². The monoisotopic (exact) mass is 550 g/mol. The van der Waals surface area contributed by atoms with Crippen molar-refractivity contribution in [1.29, 1.82) is 0 Å². The molecule has 1 aliphatic heterocycles. The number of piperidine rings is 1. The Hall–Kier alpha value is -4.26. The Labute approximate surface area is 241 Å². The van der Waals surface area contributed by atoms with Crippen molar-refractivity contribution >= 4 is 22.7 Å². The largest absolute Gasteiger partial charge is 0.348 e. The van der Waals surface area contributed by atoms with Crippen molar-refractivity contribution < 1.29 is 9.59 Å². The molecular weight excluding hydrogens is 512 g/mol. The molecule has 7 heteroatoms. The van der Waals surface area contributed by atoms with E-state index in [2.05, 4.69) is 47.3 Å². The molecule has 2 aromatic heterocycles. The lowest BCUT2D eigenvalue weighted by Gasteiger charge is -2.33. The second-order valence-corrected chi connectivity index (χ2v) is 11.6. The molecule has 41 heavy (non-hydrogen) atoms. The van der Waals surface area contributed by atoms with Gasteiger partial charge in [0.05, 0.1) is 6.42 Å². The number of hydrogen-bond acceptors (Lipinski definition) is 4. The van der Waals surface area contributed by atoms with Gasteiger partial charge in [-0.2, -0.15) is 0 Å². The first-order valence-electron chi connectivity index (χ1n) is 14.4. The lowest BCUT2D eigenvalue weighted by molar-refractivity contribution is -0.131. The van der Waals surface area contributed by atoms with Gasteiger partial charge in [-0.15, -0.1) is 0 Å². The molecule has 0 radical (unpaired) electrons. The third-order valence-electron chi connectivity index (χ3n) is 8.19. The Morgan fingerprint density at radius 2 is 1.78 bits per heavy atom. The number of H-pyrrole nitrogens is 1. The summed E-state index contributed by atoms with van der Waals surface area (Å²) in [5.74, 6) is 0.419. The van der Waals surface area contributed by atoms with Crippen LogP contribution in [0.15, 0.2) is 65.6 Å². The average molecular weight is 551 g/mol. The smallest absolute Gasteiger partial charge is 0.270 e. The van der Waals surface area contributed by atoms with Crippen LogP contribution in [0.25, 0.3) is 22.0 Å². The van der Waals surface area contributed by atoms with Crippen LogP contribution in [0, 0.1) is 26.7 Å². The van der Waals surface area contributed by atoms with Gasteiger partial charge in [-0.1, -0.05) is 35.9 Å². The first-order chi connectivity index (χ1) is 19.7. The molecule has 3 heterocycles. The summed E-state index contributed by atoms with van der Waals surface area (Å²) in [5.41, 5.74) is 7.48. The molecule has 212 valence electrons. The number of benzene rings is 2. The number of nitrogens with zero attached hydrogens (tertiary/aromatic N) is 2. The van der Waals surface area contributed by atoms with Crippen LogP contribution in [0.3, 0.4) is 0 Å². The minimum absolute atomic E-state index is 0.0165.